The lowest BCUT2D eigenvalue weighted by atomic mass is 9.85. The monoisotopic (exact) mass is 413 g/mol. The molecule has 2 N–H and O–H groups in total. The molecule has 0 bridgehead atoms. The van der Waals surface area contributed by atoms with Crippen LogP contribution >= 0.6 is 0 Å². The first-order chi connectivity index (χ1) is 14.5. The number of pyridine rings is 1. The largest absolute Gasteiger partial charge is 0.354 e. The van der Waals surface area contributed by atoms with E-state index in [4.69, 9.17) is 0 Å². The molecule has 7 nitrogen and oxygen atoms in total. The number of aryl methyl sites for hydroxylation is 1. The number of carbonyl (C=O) groups excluding carboxylic acids is 2. The van der Waals surface area contributed by atoms with Gasteiger partial charge in [0.15, 0.2) is 0 Å². The van der Waals surface area contributed by atoms with Crippen molar-refractivity contribution < 1.29 is 14.0 Å². The maximum Gasteiger partial charge on any atom is 0.228 e. The molecule has 0 radical (unpaired) electrons. The summed E-state index contributed by atoms with van der Waals surface area (Å²) in [6.07, 6.45) is 10.2. The maximum atomic E-state index is 14.6. The van der Waals surface area contributed by atoms with Crippen LogP contribution in [0.4, 0.5) is 10.2 Å². The number of aromatic nitrogens is 3. The van der Waals surface area contributed by atoms with E-state index in [-0.39, 0.29) is 23.8 Å². The smallest absolute Gasteiger partial charge is 0.228 e. The molecule has 0 unspecified atom stereocenters. The van der Waals surface area contributed by atoms with Crippen LogP contribution in [0.5, 0.6) is 0 Å². The molecule has 160 valence electrons. The molecule has 3 heterocycles. The fraction of sp³-hybridized carbons (Fsp3) is 0.545. The number of amides is 2. The minimum atomic E-state index is -0.420. The molecule has 2 aromatic heterocycles. The van der Waals surface area contributed by atoms with E-state index in [1.54, 1.807) is 12.3 Å². The summed E-state index contributed by atoms with van der Waals surface area (Å²) in [7, 11) is 0. The predicted molar refractivity (Wildman–Crippen MR) is 111 cm³/mol. The third-order valence-corrected chi connectivity index (χ3v) is 6.08. The van der Waals surface area contributed by atoms with Crippen LogP contribution in [0.25, 0.3) is 11.1 Å². The molecule has 0 saturated heterocycles. The predicted octanol–water partition coefficient (Wildman–Crippen LogP) is 3.44. The van der Waals surface area contributed by atoms with E-state index in [1.807, 2.05) is 4.68 Å². The molecule has 2 amide bonds. The Bertz CT molecular complexity index is 942. The zero-order valence-corrected chi connectivity index (χ0v) is 17.3. The zero-order valence-electron chi connectivity index (χ0n) is 17.3. The van der Waals surface area contributed by atoms with Crippen molar-refractivity contribution in [2.45, 2.75) is 70.9 Å². The maximum absolute atomic E-state index is 14.6. The van der Waals surface area contributed by atoms with Crippen LogP contribution in [-0.4, -0.2) is 32.6 Å². The van der Waals surface area contributed by atoms with Crippen molar-refractivity contribution in [3.63, 3.8) is 0 Å². The van der Waals surface area contributed by atoms with E-state index in [1.165, 1.54) is 6.92 Å². The van der Waals surface area contributed by atoms with Crippen LogP contribution in [0.3, 0.4) is 0 Å². The zero-order chi connectivity index (χ0) is 21.1. The molecule has 2 atom stereocenters. The number of nitrogens with one attached hydrogen (secondary N) is 2. The minimum absolute atomic E-state index is 0.0200. The highest BCUT2D eigenvalue weighted by Crippen LogP contribution is 2.31. The highest BCUT2D eigenvalue weighted by atomic mass is 19.1. The van der Waals surface area contributed by atoms with Gasteiger partial charge in [-0.2, -0.15) is 5.10 Å². The van der Waals surface area contributed by atoms with Crippen molar-refractivity contribution in [2.75, 3.05) is 5.32 Å². The van der Waals surface area contributed by atoms with Gasteiger partial charge < -0.3 is 10.6 Å². The van der Waals surface area contributed by atoms with Gasteiger partial charge in [-0.05, 0) is 44.6 Å². The molecule has 1 fully saturated rings. The van der Waals surface area contributed by atoms with Gasteiger partial charge in [0.1, 0.15) is 11.6 Å². The number of hydrogen-bond acceptors (Lipinski definition) is 4. The summed E-state index contributed by atoms with van der Waals surface area (Å²) in [5.41, 5.74) is 2.24. The molecule has 0 spiro atoms. The number of rotatable bonds is 4. The minimum Gasteiger partial charge on any atom is -0.354 e. The Hall–Kier alpha value is -2.77. The first-order valence-electron chi connectivity index (χ1n) is 10.8. The van der Waals surface area contributed by atoms with E-state index in [0.717, 1.165) is 68.9 Å². The second-order valence-electron chi connectivity index (χ2n) is 8.34. The van der Waals surface area contributed by atoms with E-state index in [0.29, 0.717) is 17.8 Å². The van der Waals surface area contributed by atoms with Crippen molar-refractivity contribution in [2.24, 2.45) is 5.92 Å². The SMILES string of the molecule is CC(=O)N[C@@H]1CCC[C@H](C(=O)Nc2cc(-c3cnn4c3CCCCC4)c(F)cn2)C1. The fourth-order valence-corrected chi connectivity index (χ4v) is 4.61. The number of halogens is 1. The molecule has 1 aliphatic heterocycles. The molecule has 8 heteroatoms. The molecule has 2 aliphatic rings. The molecular formula is C22H28FN5O2. The summed E-state index contributed by atoms with van der Waals surface area (Å²) in [4.78, 5) is 28.2. The van der Waals surface area contributed by atoms with Crippen molar-refractivity contribution in [3.8, 4) is 11.1 Å². The van der Waals surface area contributed by atoms with E-state index in [2.05, 4.69) is 20.7 Å². The Balaban J connectivity index is 1.51. The summed E-state index contributed by atoms with van der Waals surface area (Å²) in [5, 5.41) is 10.2. The van der Waals surface area contributed by atoms with Crippen molar-refractivity contribution >= 4 is 17.6 Å². The summed E-state index contributed by atoms with van der Waals surface area (Å²) in [6, 6.07) is 1.62. The van der Waals surface area contributed by atoms with Gasteiger partial charge in [-0.15, -0.1) is 0 Å². The van der Waals surface area contributed by atoms with Gasteiger partial charge in [0, 0.05) is 42.2 Å². The van der Waals surface area contributed by atoms with Gasteiger partial charge in [-0.3, -0.25) is 14.3 Å². The van der Waals surface area contributed by atoms with Gasteiger partial charge in [0.05, 0.1) is 12.4 Å². The van der Waals surface area contributed by atoms with Gasteiger partial charge >= 0.3 is 0 Å². The Morgan fingerprint density at radius 3 is 2.83 bits per heavy atom. The summed E-state index contributed by atoms with van der Waals surface area (Å²) in [6.45, 7) is 2.34. The van der Waals surface area contributed by atoms with Crippen molar-refractivity contribution in [1.29, 1.82) is 0 Å². The molecule has 2 aromatic rings. The molecule has 1 aliphatic carbocycles. The van der Waals surface area contributed by atoms with Crippen molar-refractivity contribution in [1.82, 2.24) is 20.1 Å². The Kier molecular flexibility index (Phi) is 6.11. The van der Waals surface area contributed by atoms with E-state index >= 15 is 0 Å². The van der Waals surface area contributed by atoms with Crippen LogP contribution in [0.2, 0.25) is 0 Å². The third-order valence-electron chi connectivity index (χ3n) is 6.08. The summed E-state index contributed by atoms with van der Waals surface area (Å²) < 4.78 is 16.6. The Morgan fingerprint density at radius 1 is 1.13 bits per heavy atom. The number of anilines is 1. The van der Waals surface area contributed by atoms with Gasteiger partial charge in [0.25, 0.3) is 0 Å². The van der Waals surface area contributed by atoms with Gasteiger partial charge in [0.2, 0.25) is 11.8 Å². The van der Waals surface area contributed by atoms with Crippen LogP contribution in [0, 0.1) is 11.7 Å². The third kappa shape index (κ3) is 4.52. The lowest BCUT2D eigenvalue weighted by Gasteiger charge is -2.28. The number of carbonyl (C=O) groups is 2. The quantitative estimate of drug-likeness (QED) is 0.804. The first kappa shape index (κ1) is 20.5. The van der Waals surface area contributed by atoms with E-state index in [9.17, 15) is 14.0 Å². The highest BCUT2D eigenvalue weighted by molar-refractivity contribution is 5.92. The molecule has 0 aromatic carbocycles. The molecule has 4 rings (SSSR count). The van der Waals surface area contributed by atoms with E-state index < -0.39 is 5.82 Å². The first-order valence-corrected chi connectivity index (χ1v) is 10.8. The van der Waals surface area contributed by atoms with Gasteiger partial charge in [-0.1, -0.05) is 12.8 Å². The van der Waals surface area contributed by atoms with Gasteiger partial charge in [-0.25, -0.2) is 9.37 Å². The Labute approximate surface area is 175 Å². The number of nitrogens with zero attached hydrogens (tertiary/aromatic N) is 3. The highest BCUT2D eigenvalue weighted by Gasteiger charge is 2.28. The average Bonchev–Trinajstić information content (AvgIpc) is 2.96. The fourth-order valence-electron chi connectivity index (χ4n) is 4.61. The number of fused-ring (bicyclic) bond motifs is 1. The second kappa shape index (κ2) is 8.93. The van der Waals surface area contributed by atoms with Crippen molar-refractivity contribution in [3.05, 3.63) is 30.0 Å². The second-order valence-corrected chi connectivity index (χ2v) is 8.34. The average molecular weight is 413 g/mol. The molecule has 30 heavy (non-hydrogen) atoms. The lowest BCUT2D eigenvalue weighted by molar-refractivity contribution is -0.123. The normalized spacial score (nSPS) is 21.4. The Morgan fingerprint density at radius 2 is 2.00 bits per heavy atom. The van der Waals surface area contributed by atoms with Crippen LogP contribution in [0.15, 0.2) is 18.5 Å². The molecule has 1 saturated carbocycles. The van der Waals surface area contributed by atoms with Crippen LogP contribution < -0.4 is 10.6 Å². The molecular weight excluding hydrogens is 385 g/mol. The lowest BCUT2D eigenvalue weighted by Crippen LogP contribution is -2.40. The van der Waals surface area contributed by atoms with Crippen LogP contribution in [0.1, 0.15) is 57.6 Å². The number of hydrogen-bond donors (Lipinski definition) is 2. The standard InChI is InChI=1S/C22H28FN5O2/c1-14(29)26-16-7-5-6-15(10-16)22(30)27-21-11-17(19(23)13-24-21)18-12-25-28-9-4-2-3-8-20(18)28/h11-13,15-16H,2-10H2,1H3,(H,26,29)(H,24,27,30)/t15-,16+/m0/s1. The summed E-state index contributed by atoms with van der Waals surface area (Å²) in [5.74, 6) is -0.489. The summed E-state index contributed by atoms with van der Waals surface area (Å²) >= 11 is 0. The topological polar surface area (TPSA) is 88.9 Å². The van der Waals surface area contributed by atoms with Crippen LogP contribution in [-0.2, 0) is 22.6 Å².